The average molecular weight is 1180 g/mol. The Morgan fingerprint density at radius 1 is 0.610 bits per heavy atom. The summed E-state index contributed by atoms with van der Waals surface area (Å²) >= 11 is 3.13. The minimum absolute atomic E-state index is 0.0455. The summed E-state index contributed by atoms with van der Waals surface area (Å²) in [7, 11) is -4.55. The number of hydrogen-bond donors (Lipinski definition) is 1. The van der Waals surface area contributed by atoms with Gasteiger partial charge in [0, 0.05) is 82.0 Å². The van der Waals surface area contributed by atoms with Crippen LogP contribution in [0.25, 0.3) is 0 Å². The zero-order valence-electron chi connectivity index (χ0n) is 45.6. The fourth-order valence-corrected chi connectivity index (χ4v) is 9.79. The van der Waals surface area contributed by atoms with Crippen LogP contribution in [0.15, 0.2) is 84.9 Å². The molecule has 2 aliphatic rings. The number of esters is 2. The summed E-state index contributed by atoms with van der Waals surface area (Å²) in [5, 5.41) is 0.431. The lowest BCUT2D eigenvalue weighted by Gasteiger charge is -2.35. The lowest BCUT2D eigenvalue weighted by Crippen LogP contribution is -2.49. The first kappa shape index (κ1) is 63.7. The number of piperazine rings is 2. The summed E-state index contributed by atoms with van der Waals surface area (Å²) in [4.78, 5) is 55.0. The topological polar surface area (TPSA) is 202 Å². The molecule has 424 valence electrons. The summed E-state index contributed by atoms with van der Waals surface area (Å²) in [5.41, 5.74) is 2.83. The summed E-state index contributed by atoms with van der Waals surface area (Å²) in [6.07, 6.45) is -0.598. The fourth-order valence-electron chi connectivity index (χ4n) is 7.62. The van der Waals surface area contributed by atoms with Gasteiger partial charge in [-0.05, 0) is 121 Å². The fraction of sp³-hybridized carbons (Fsp3) is 0.481. The van der Waals surface area contributed by atoms with Crippen molar-refractivity contribution in [1.82, 2.24) is 19.6 Å². The predicted octanol–water partition coefficient (Wildman–Crippen LogP) is 9.03. The third-order valence-corrected chi connectivity index (χ3v) is 15.4. The molecule has 18 nitrogen and oxygen atoms in total. The number of anilines is 2. The van der Waals surface area contributed by atoms with E-state index in [9.17, 15) is 44.8 Å². The van der Waals surface area contributed by atoms with Gasteiger partial charge in [-0.15, -0.1) is 0 Å². The van der Waals surface area contributed by atoms with Gasteiger partial charge in [-0.1, -0.05) is 52.3 Å². The van der Waals surface area contributed by atoms with E-state index in [1.165, 1.54) is 49.7 Å². The smallest absolute Gasteiger partial charge is 0.410 e. The van der Waals surface area contributed by atoms with Crippen LogP contribution >= 0.6 is 15.9 Å². The van der Waals surface area contributed by atoms with Crippen molar-refractivity contribution in [3.8, 4) is 0 Å². The van der Waals surface area contributed by atoms with E-state index in [2.05, 4.69) is 39.9 Å². The first-order valence-corrected chi connectivity index (χ1v) is 29.4. The van der Waals surface area contributed by atoms with Gasteiger partial charge in [0.15, 0.2) is 0 Å². The molecule has 0 spiro atoms. The summed E-state index contributed by atoms with van der Waals surface area (Å²) in [6.45, 7) is 20.4. The molecule has 4 aromatic rings. The molecule has 0 saturated carbocycles. The number of halogens is 3. The normalized spacial score (nSPS) is 14.5. The van der Waals surface area contributed by atoms with Gasteiger partial charge in [0.25, 0.3) is 0 Å². The Balaban J connectivity index is 0.000000281. The van der Waals surface area contributed by atoms with Crippen LogP contribution in [0, 0.1) is 11.6 Å². The van der Waals surface area contributed by atoms with Crippen LogP contribution in [0.4, 0.5) is 29.7 Å². The van der Waals surface area contributed by atoms with Crippen LogP contribution in [-0.2, 0) is 64.0 Å². The van der Waals surface area contributed by atoms with Crippen molar-refractivity contribution in [2.45, 2.75) is 91.6 Å². The molecule has 4 aromatic carbocycles. The molecule has 0 bridgehead atoms. The maximum absolute atomic E-state index is 14.8. The number of ether oxygens (including phenoxy) is 4. The monoisotopic (exact) mass is 1180 g/mol. The van der Waals surface area contributed by atoms with Crippen LogP contribution in [0.2, 0.25) is 0 Å². The molecule has 0 aromatic heterocycles. The van der Waals surface area contributed by atoms with Gasteiger partial charge >= 0.3 is 24.1 Å². The minimum Gasteiger partial charge on any atom is -0.465 e. The van der Waals surface area contributed by atoms with Crippen LogP contribution in [0.3, 0.4) is 0 Å². The SMILES string of the molecule is CCS(=O)(=O)N(Cc1ccc(C(=O)OC)cc1F)c1cccc(CN2CCN(C(=O)OC(C)(C)C)CC2)c1.CCS(=O)(=O)Nc1cccc(CN2CCN(C(=O)OC(C)(C)C)CC2)c1.COC(=O)c1ccc(CBr)c(F)c1. The Bertz CT molecular complexity index is 2870. The van der Waals surface area contributed by atoms with Gasteiger partial charge in [0.2, 0.25) is 20.0 Å². The molecule has 6 rings (SSSR count). The van der Waals surface area contributed by atoms with E-state index in [0.717, 1.165) is 30.3 Å². The molecule has 2 amide bonds. The molecule has 23 heteroatoms. The quantitative estimate of drug-likeness (QED) is 0.0671. The maximum Gasteiger partial charge on any atom is 0.410 e. The van der Waals surface area contributed by atoms with Crippen molar-refractivity contribution in [3.63, 3.8) is 0 Å². The molecular formula is C54H73BrF2N6O12S2. The second-order valence-electron chi connectivity index (χ2n) is 20.0. The van der Waals surface area contributed by atoms with Gasteiger partial charge < -0.3 is 28.7 Å². The summed E-state index contributed by atoms with van der Waals surface area (Å²) in [6, 6.07) is 22.7. The molecule has 1 N–H and O–H groups in total. The third kappa shape index (κ3) is 20.8. The van der Waals surface area contributed by atoms with Crippen molar-refractivity contribution in [3.05, 3.63) is 130 Å². The molecule has 0 radical (unpaired) electrons. The lowest BCUT2D eigenvalue weighted by atomic mass is 10.1. The molecule has 77 heavy (non-hydrogen) atoms. The summed E-state index contributed by atoms with van der Waals surface area (Å²) in [5.74, 6) is -2.41. The Hall–Kier alpha value is -5.88. The van der Waals surface area contributed by atoms with E-state index in [-0.39, 0.29) is 46.9 Å². The number of amides is 2. The second kappa shape index (κ2) is 28.7. The molecule has 2 heterocycles. The zero-order valence-corrected chi connectivity index (χ0v) is 48.8. The summed E-state index contributed by atoms with van der Waals surface area (Å²) < 4.78 is 101. The first-order valence-electron chi connectivity index (χ1n) is 25.0. The Kier molecular flexibility index (Phi) is 23.7. The van der Waals surface area contributed by atoms with Crippen molar-refractivity contribution in [1.29, 1.82) is 0 Å². The zero-order chi connectivity index (χ0) is 57.3. The molecule has 0 aliphatic carbocycles. The highest BCUT2D eigenvalue weighted by Gasteiger charge is 2.29. The van der Waals surface area contributed by atoms with Crippen molar-refractivity contribution in [2.24, 2.45) is 0 Å². The highest BCUT2D eigenvalue weighted by Crippen LogP contribution is 2.26. The number of nitrogens with one attached hydrogen (secondary N) is 1. The van der Waals surface area contributed by atoms with Gasteiger partial charge in [-0.3, -0.25) is 18.8 Å². The molecule has 0 atom stereocenters. The van der Waals surface area contributed by atoms with E-state index < -0.39 is 54.8 Å². The average Bonchev–Trinajstić information content (AvgIpc) is 3.37. The van der Waals surface area contributed by atoms with Gasteiger partial charge in [0.05, 0.1) is 49.1 Å². The van der Waals surface area contributed by atoms with Gasteiger partial charge in [-0.25, -0.2) is 44.8 Å². The number of carbonyl (C=O) groups is 4. The number of methoxy groups -OCH3 is 2. The van der Waals surface area contributed by atoms with Gasteiger partial charge in [0.1, 0.15) is 22.8 Å². The number of nitrogens with zero attached hydrogens (tertiary/aromatic N) is 5. The van der Waals surface area contributed by atoms with Crippen LogP contribution in [0.5, 0.6) is 0 Å². The lowest BCUT2D eigenvalue weighted by molar-refractivity contribution is 0.0129. The van der Waals surface area contributed by atoms with E-state index in [1.807, 2.05) is 65.8 Å². The number of hydrogen-bond acceptors (Lipinski definition) is 14. The van der Waals surface area contributed by atoms with Crippen LogP contribution in [-0.4, -0.2) is 150 Å². The third-order valence-electron chi connectivity index (χ3n) is 11.7. The van der Waals surface area contributed by atoms with Crippen molar-refractivity contribution < 1.29 is 63.7 Å². The highest BCUT2D eigenvalue weighted by atomic mass is 79.9. The molecule has 2 saturated heterocycles. The van der Waals surface area contributed by atoms with E-state index in [1.54, 1.807) is 47.1 Å². The highest BCUT2D eigenvalue weighted by molar-refractivity contribution is 9.08. The molecule has 2 aliphatic heterocycles. The first-order chi connectivity index (χ1) is 36.1. The van der Waals surface area contributed by atoms with Crippen LogP contribution < -0.4 is 9.03 Å². The number of alkyl halides is 1. The van der Waals surface area contributed by atoms with Crippen molar-refractivity contribution >= 4 is 71.5 Å². The molecule has 0 unspecified atom stereocenters. The largest absolute Gasteiger partial charge is 0.465 e. The Labute approximate surface area is 461 Å². The Morgan fingerprint density at radius 2 is 1.05 bits per heavy atom. The molecular weight excluding hydrogens is 1110 g/mol. The molecule has 2 fully saturated rings. The minimum atomic E-state index is -3.74. The Morgan fingerprint density at radius 3 is 1.45 bits per heavy atom. The van der Waals surface area contributed by atoms with E-state index in [4.69, 9.17) is 9.47 Å². The van der Waals surface area contributed by atoms with Gasteiger partial charge in [-0.2, -0.15) is 0 Å². The number of benzene rings is 4. The van der Waals surface area contributed by atoms with E-state index in [0.29, 0.717) is 74.6 Å². The number of sulfonamides is 2. The maximum atomic E-state index is 14.8. The number of carbonyl (C=O) groups excluding carboxylic acids is 4. The van der Waals surface area contributed by atoms with Crippen molar-refractivity contribution in [2.75, 3.05) is 87.1 Å². The predicted molar refractivity (Wildman–Crippen MR) is 296 cm³/mol. The number of rotatable bonds is 15. The van der Waals surface area contributed by atoms with Crippen LogP contribution in [0.1, 0.15) is 98.4 Å². The standard InChI is InChI=1S/C27H36FN3O6S.C18H29N3O4S.C9H8BrFO2/c1-6-38(34,35)31(19-22-11-10-21(17-24(22)28)25(32)36-5)23-9-7-8-20(16-23)18-29-12-14-30(15-13-29)26(33)37-27(2,3)4;1-5-26(23,24)19-16-8-6-7-15(13-16)14-20-9-11-21(12-10-20)17(22)25-18(2,3)4;1-13-9(12)6-2-3-7(5-10)8(11)4-6/h7-11,16-17H,6,12-15,18-19H2,1-5H3;6-8,13,19H,5,9-12,14H2,1-4H3;2-4H,5H2,1H3. The van der Waals surface area contributed by atoms with E-state index >= 15 is 0 Å². The second-order valence-corrected chi connectivity index (χ2v) is 24.8.